The lowest BCUT2D eigenvalue weighted by Gasteiger charge is -2.31. The standard InChI is InChI=1S/C17H25N3O3S/c1-8-13-14(19-10(3)18-8)20(16(22)24-13)15-11(17(4,5)6)7-12(23-15)9(2)21/h9,11-12,15,21H,7H2,1-6H3/t9-,11?,12-,15?/m0/s1. The number of aliphatic hydroxyl groups is 1. The number of aromatic nitrogens is 3. The summed E-state index contributed by atoms with van der Waals surface area (Å²) in [6.07, 6.45) is -0.540. The molecule has 0 aliphatic carbocycles. The second kappa shape index (κ2) is 5.89. The highest BCUT2D eigenvalue weighted by Gasteiger charge is 2.45. The number of aliphatic hydroxyl groups excluding tert-OH is 1. The van der Waals surface area contributed by atoms with Crippen molar-refractivity contribution in [3.05, 3.63) is 21.2 Å². The van der Waals surface area contributed by atoms with E-state index in [0.29, 0.717) is 11.5 Å². The summed E-state index contributed by atoms with van der Waals surface area (Å²) >= 11 is 1.16. The van der Waals surface area contributed by atoms with E-state index in [4.69, 9.17) is 4.74 Å². The Labute approximate surface area is 145 Å². The van der Waals surface area contributed by atoms with Gasteiger partial charge >= 0.3 is 4.87 Å². The Balaban J connectivity index is 2.18. The number of ether oxygens (including phenoxy) is 1. The van der Waals surface area contributed by atoms with Crippen LogP contribution in [0, 0.1) is 25.2 Å². The van der Waals surface area contributed by atoms with Gasteiger partial charge in [-0.2, -0.15) is 0 Å². The number of hydrogen-bond donors (Lipinski definition) is 1. The third-order valence-electron chi connectivity index (χ3n) is 4.79. The molecule has 0 radical (unpaired) electrons. The molecular formula is C17H25N3O3S. The molecule has 1 N–H and O–H groups in total. The van der Waals surface area contributed by atoms with E-state index >= 15 is 0 Å². The van der Waals surface area contributed by atoms with Gasteiger partial charge in [0.1, 0.15) is 12.1 Å². The Kier molecular flexibility index (Phi) is 4.30. The molecule has 0 aromatic carbocycles. The molecular weight excluding hydrogens is 326 g/mol. The second-order valence-electron chi connectivity index (χ2n) is 7.76. The van der Waals surface area contributed by atoms with Gasteiger partial charge in [-0.25, -0.2) is 9.97 Å². The summed E-state index contributed by atoms with van der Waals surface area (Å²) in [5.74, 6) is 0.757. The van der Waals surface area contributed by atoms with Crippen LogP contribution >= 0.6 is 11.3 Å². The van der Waals surface area contributed by atoms with E-state index in [0.717, 1.165) is 28.2 Å². The molecule has 3 rings (SSSR count). The highest BCUT2D eigenvalue weighted by atomic mass is 32.1. The van der Waals surface area contributed by atoms with Crippen molar-refractivity contribution in [3.63, 3.8) is 0 Å². The predicted octanol–water partition coefficient (Wildman–Crippen LogP) is 2.80. The SMILES string of the molecule is Cc1nc(C)c2sc(=O)n(C3O[C@H]([C@H](C)O)CC3C(C)(C)C)c2n1. The van der Waals surface area contributed by atoms with Crippen molar-refractivity contribution in [2.45, 2.75) is 66.4 Å². The van der Waals surface area contributed by atoms with Crippen molar-refractivity contribution >= 4 is 21.7 Å². The average molecular weight is 351 g/mol. The molecule has 0 saturated carbocycles. The molecule has 1 saturated heterocycles. The first-order valence-electron chi connectivity index (χ1n) is 8.29. The Morgan fingerprint density at radius 3 is 2.58 bits per heavy atom. The van der Waals surface area contributed by atoms with Crippen LogP contribution < -0.4 is 4.87 Å². The second-order valence-corrected chi connectivity index (χ2v) is 8.72. The van der Waals surface area contributed by atoms with Gasteiger partial charge < -0.3 is 9.84 Å². The summed E-state index contributed by atoms with van der Waals surface area (Å²) < 4.78 is 8.61. The molecule has 0 bridgehead atoms. The number of thiazole rings is 1. The molecule has 2 aromatic rings. The molecule has 4 atom stereocenters. The topological polar surface area (TPSA) is 77.2 Å². The maximum Gasteiger partial charge on any atom is 0.311 e. The first-order chi connectivity index (χ1) is 11.1. The highest BCUT2D eigenvalue weighted by molar-refractivity contribution is 7.16. The fourth-order valence-electron chi connectivity index (χ4n) is 3.44. The normalized spacial score (nSPS) is 26.2. The lowest BCUT2D eigenvalue weighted by molar-refractivity contribution is -0.0672. The fourth-order valence-corrected chi connectivity index (χ4v) is 4.34. The summed E-state index contributed by atoms with van der Waals surface area (Å²) in [6, 6.07) is 0. The van der Waals surface area contributed by atoms with Crippen LogP contribution in [-0.2, 0) is 4.74 Å². The van der Waals surface area contributed by atoms with Crippen LogP contribution in [0.15, 0.2) is 4.79 Å². The molecule has 0 amide bonds. The van der Waals surface area contributed by atoms with Gasteiger partial charge in [0.25, 0.3) is 0 Å². The van der Waals surface area contributed by atoms with Crippen LogP contribution in [0.5, 0.6) is 0 Å². The van der Waals surface area contributed by atoms with E-state index in [-0.39, 0.29) is 22.3 Å². The van der Waals surface area contributed by atoms with E-state index in [1.807, 2.05) is 13.8 Å². The third kappa shape index (κ3) is 2.89. The van der Waals surface area contributed by atoms with Gasteiger partial charge in [0.05, 0.1) is 22.6 Å². The van der Waals surface area contributed by atoms with Gasteiger partial charge in [-0.1, -0.05) is 32.1 Å². The monoisotopic (exact) mass is 351 g/mol. The largest absolute Gasteiger partial charge is 0.391 e. The molecule has 7 heteroatoms. The fraction of sp³-hybridized carbons (Fsp3) is 0.706. The quantitative estimate of drug-likeness (QED) is 0.900. The minimum atomic E-state index is -0.571. The van der Waals surface area contributed by atoms with E-state index in [2.05, 4.69) is 30.7 Å². The van der Waals surface area contributed by atoms with Gasteiger partial charge in [0.2, 0.25) is 0 Å². The molecule has 3 heterocycles. The highest BCUT2D eigenvalue weighted by Crippen LogP contribution is 2.46. The maximum absolute atomic E-state index is 12.7. The summed E-state index contributed by atoms with van der Waals surface area (Å²) in [5.41, 5.74) is 1.40. The Morgan fingerprint density at radius 2 is 2.00 bits per heavy atom. The minimum Gasteiger partial charge on any atom is -0.391 e. The molecule has 2 aromatic heterocycles. The minimum absolute atomic E-state index is 0.0564. The zero-order valence-electron chi connectivity index (χ0n) is 15.0. The summed E-state index contributed by atoms with van der Waals surface area (Å²) in [5, 5.41) is 9.99. The van der Waals surface area contributed by atoms with Crippen molar-refractivity contribution in [2.24, 2.45) is 11.3 Å². The maximum atomic E-state index is 12.7. The van der Waals surface area contributed by atoms with Gasteiger partial charge in [-0.15, -0.1) is 0 Å². The van der Waals surface area contributed by atoms with Gasteiger partial charge in [-0.3, -0.25) is 9.36 Å². The van der Waals surface area contributed by atoms with Crippen LogP contribution in [0.3, 0.4) is 0 Å². The van der Waals surface area contributed by atoms with Crippen LogP contribution in [0.25, 0.3) is 10.3 Å². The molecule has 132 valence electrons. The van der Waals surface area contributed by atoms with E-state index in [1.165, 1.54) is 0 Å². The summed E-state index contributed by atoms with van der Waals surface area (Å²) in [7, 11) is 0. The zero-order valence-corrected chi connectivity index (χ0v) is 15.8. The smallest absolute Gasteiger partial charge is 0.311 e. The number of rotatable bonds is 2. The molecule has 0 spiro atoms. The molecule has 1 aliphatic rings. The van der Waals surface area contributed by atoms with Crippen molar-refractivity contribution in [2.75, 3.05) is 0 Å². The van der Waals surface area contributed by atoms with E-state index in [1.54, 1.807) is 11.5 Å². The molecule has 24 heavy (non-hydrogen) atoms. The summed E-state index contributed by atoms with van der Waals surface area (Å²) in [6.45, 7) is 11.9. The molecule has 6 nitrogen and oxygen atoms in total. The van der Waals surface area contributed by atoms with Crippen LogP contribution in [0.1, 0.15) is 51.9 Å². The zero-order chi connectivity index (χ0) is 17.8. The number of aryl methyl sites for hydroxylation is 2. The first-order valence-corrected chi connectivity index (χ1v) is 9.11. The van der Waals surface area contributed by atoms with Crippen LogP contribution in [-0.4, -0.2) is 31.8 Å². The average Bonchev–Trinajstić information content (AvgIpc) is 2.99. The predicted molar refractivity (Wildman–Crippen MR) is 94.3 cm³/mol. The van der Waals surface area contributed by atoms with E-state index < -0.39 is 12.3 Å². The van der Waals surface area contributed by atoms with Crippen molar-refractivity contribution < 1.29 is 9.84 Å². The van der Waals surface area contributed by atoms with Gasteiger partial charge in [0, 0.05) is 5.92 Å². The summed E-state index contributed by atoms with van der Waals surface area (Å²) in [4.78, 5) is 21.5. The molecule has 1 aliphatic heterocycles. The van der Waals surface area contributed by atoms with E-state index in [9.17, 15) is 9.90 Å². The lowest BCUT2D eigenvalue weighted by atomic mass is 9.77. The Hall–Kier alpha value is -1.31. The first kappa shape index (κ1) is 17.5. The van der Waals surface area contributed by atoms with Crippen molar-refractivity contribution in [1.29, 1.82) is 0 Å². The van der Waals surface area contributed by atoms with Crippen molar-refractivity contribution in [1.82, 2.24) is 14.5 Å². The van der Waals surface area contributed by atoms with Crippen LogP contribution in [0.4, 0.5) is 0 Å². The van der Waals surface area contributed by atoms with Gasteiger partial charge in [-0.05, 0) is 32.6 Å². The van der Waals surface area contributed by atoms with Crippen LogP contribution in [0.2, 0.25) is 0 Å². The Morgan fingerprint density at radius 1 is 1.33 bits per heavy atom. The number of fused-ring (bicyclic) bond motifs is 1. The number of hydrogen-bond acceptors (Lipinski definition) is 6. The Bertz CT molecular complexity index is 819. The number of nitrogens with zero attached hydrogens (tertiary/aromatic N) is 3. The van der Waals surface area contributed by atoms with Gasteiger partial charge in [0.15, 0.2) is 5.65 Å². The lowest BCUT2D eigenvalue weighted by Crippen LogP contribution is -2.31. The third-order valence-corrected chi connectivity index (χ3v) is 5.85. The van der Waals surface area contributed by atoms with Crippen molar-refractivity contribution in [3.8, 4) is 0 Å². The molecule has 2 unspecified atom stereocenters. The molecule has 1 fully saturated rings.